The maximum Gasteiger partial charge on any atom is 0.329 e. The lowest BCUT2D eigenvalue weighted by atomic mass is 10.0. The molecular weight excluding hydrogens is 468 g/mol. The van der Waals surface area contributed by atoms with E-state index in [4.69, 9.17) is 4.74 Å². The lowest BCUT2D eigenvalue weighted by Gasteiger charge is -2.25. The van der Waals surface area contributed by atoms with E-state index in [0.29, 0.717) is 12.2 Å². The lowest BCUT2D eigenvalue weighted by molar-refractivity contribution is -0.153. The molecular formula is C21H30N4O6S2. The summed E-state index contributed by atoms with van der Waals surface area (Å²) >= 11 is 0. The molecule has 2 heterocycles. The number of rotatable bonds is 1. The Morgan fingerprint density at radius 1 is 1.09 bits per heavy atom. The van der Waals surface area contributed by atoms with Crippen LogP contribution in [0.1, 0.15) is 33.6 Å². The minimum atomic E-state index is -0.992. The Kier molecular flexibility index (Phi) is 10.8. The molecule has 2 bridgehead atoms. The highest BCUT2D eigenvalue weighted by Gasteiger charge is 2.31. The van der Waals surface area contributed by atoms with Gasteiger partial charge in [-0.2, -0.15) is 0 Å². The molecule has 12 heteroatoms. The molecule has 1 unspecified atom stereocenters. The molecule has 3 atom stereocenters. The molecule has 182 valence electrons. The molecule has 10 nitrogen and oxygen atoms in total. The van der Waals surface area contributed by atoms with Crippen molar-refractivity contribution in [2.24, 2.45) is 5.92 Å². The topological polar surface area (TPSA) is 143 Å². The molecule has 0 aromatic carbocycles. The number of fused-ring (bicyclic) bond motifs is 7. The van der Waals surface area contributed by atoms with Crippen LogP contribution in [-0.4, -0.2) is 65.8 Å². The van der Waals surface area contributed by atoms with Crippen LogP contribution in [0.25, 0.3) is 0 Å². The Balaban J connectivity index is 2.45. The first kappa shape index (κ1) is 26.8. The quantitative estimate of drug-likeness (QED) is 0.176. The molecule has 0 saturated carbocycles. The molecule has 0 aliphatic carbocycles. The number of hydrogen-bond acceptors (Lipinski definition) is 8. The van der Waals surface area contributed by atoms with Crippen LogP contribution in [0.3, 0.4) is 0 Å². The van der Waals surface area contributed by atoms with Gasteiger partial charge in [0, 0.05) is 11.5 Å². The number of esters is 1. The number of amides is 4. The maximum atomic E-state index is 12.9. The number of carbonyl (C=O) groups excluding carboxylic acids is 5. The molecule has 4 amide bonds. The summed E-state index contributed by atoms with van der Waals surface area (Å²) in [5.74, 6) is -2.30. The normalized spacial score (nSPS) is 28.8. The number of allylic oxidation sites excluding steroid dienone is 2. The van der Waals surface area contributed by atoms with E-state index < -0.39 is 47.8 Å². The van der Waals surface area contributed by atoms with Gasteiger partial charge in [-0.15, -0.1) is 0 Å². The highest BCUT2D eigenvalue weighted by molar-refractivity contribution is 8.76. The summed E-state index contributed by atoms with van der Waals surface area (Å²) in [6, 6.07) is -1.92. The third-order valence-corrected chi connectivity index (χ3v) is 7.23. The Hall–Kier alpha value is -2.47. The third-order valence-electron chi connectivity index (χ3n) is 4.79. The largest absolute Gasteiger partial charge is 0.456 e. The van der Waals surface area contributed by atoms with E-state index in [9.17, 15) is 24.0 Å². The van der Waals surface area contributed by atoms with Gasteiger partial charge < -0.3 is 26.0 Å². The molecule has 33 heavy (non-hydrogen) atoms. The van der Waals surface area contributed by atoms with Crippen LogP contribution in [0.15, 0.2) is 23.9 Å². The molecule has 1 saturated heterocycles. The van der Waals surface area contributed by atoms with E-state index in [1.54, 1.807) is 26.8 Å². The molecule has 2 rings (SSSR count). The van der Waals surface area contributed by atoms with E-state index in [0.717, 1.165) is 0 Å². The van der Waals surface area contributed by atoms with Crippen molar-refractivity contribution in [3.8, 4) is 0 Å². The first-order valence-electron chi connectivity index (χ1n) is 10.7. The first-order chi connectivity index (χ1) is 15.7. The highest BCUT2D eigenvalue weighted by Crippen LogP contribution is 2.23. The van der Waals surface area contributed by atoms with Crippen molar-refractivity contribution in [3.63, 3.8) is 0 Å². The summed E-state index contributed by atoms with van der Waals surface area (Å²) in [6.45, 7) is 4.74. The SMILES string of the molecule is C/C=C1\NC(=O)[C@H]2CSSCC/C=C/C(CC(=O)NCC(=O)N2)OC(=O)[C@H](C(C)C)NC1=O. The Bertz CT molecular complexity index is 830. The third kappa shape index (κ3) is 8.77. The van der Waals surface area contributed by atoms with E-state index >= 15 is 0 Å². The zero-order valence-electron chi connectivity index (χ0n) is 18.8. The van der Waals surface area contributed by atoms with Crippen molar-refractivity contribution < 1.29 is 28.7 Å². The molecule has 2 aliphatic heterocycles. The summed E-state index contributed by atoms with van der Waals surface area (Å²) < 4.78 is 5.55. The van der Waals surface area contributed by atoms with E-state index in [2.05, 4.69) is 21.3 Å². The van der Waals surface area contributed by atoms with Gasteiger partial charge in [0.2, 0.25) is 17.7 Å². The monoisotopic (exact) mass is 498 g/mol. The van der Waals surface area contributed by atoms with E-state index in [1.165, 1.54) is 27.7 Å². The van der Waals surface area contributed by atoms with Gasteiger partial charge in [-0.05, 0) is 25.3 Å². The van der Waals surface area contributed by atoms with Gasteiger partial charge in [0.1, 0.15) is 23.9 Å². The van der Waals surface area contributed by atoms with Gasteiger partial charge in [-0.25, -0.2) is 4.79 Å². The van der Waals surface area contributed by atoms with Crippen LogP contribution in [-0.2, 0) is 28.7 Å². The van der Waals surface area contributed by atoms with Crippen molar-refractivity contribution >= 4 is 51.2 Å². The zero-order valence-corrected chi connectivity index (χ0v) is 20.5. The summed E-state index contributed by atoms with van der Waals surface area (Å²) in [5, 5.41) is 10.2. The zero-order chi connectivity index (χ0) is 24.4. The van der Waals surface area contributed by atoms with Gasteiger partial charge in [0.15, 0.2) is 0 Å². The fraction of sp³-hybridized carbons (Fsp3) is 0.571. The average molecular weight is 499 g/mol. The van der Waals surface area contributed by atoms with Crippen molar-refractivity contribution in [1.29, 1.82) is 0 Å². The van der Waals surface area contributed by atoms with Gasteiger partial charge >= 0.3 is 5.97 Å². The van der Waals surface area contributed by atoms with Crippen LogP contribution in [0.2, 0.25) is 0 Å². The first-order valence-corrected chi connectivity index (χ1v) is 13.2. The summed E-state index contributed by atoms with van der Waals surface area (Å²) in [5.41, 5.74) is -0.0449. The maximum absolute atomic E-state index is 12.9. The Labute approximate surface area is 200 Å². The summed E-state index contributed by atoms with van der Waals surface area (Å²) in [7, 11) is 2.93. The van der Waals surface area contributed by atoms with Crippen molar-refractivity contribution in [2.75, 3.05) is 18.1 Å². The minimum Gasteiger partial charge on any atom is -0.456 e. The van der Waals surface area contributed by atoms with Crippen LogP contribution in [0.5, 0.6) is 0 Å². The fourth-order valence-corrected chi connectivity index (χ4v) is 5.13. The van der Waals surface area contributed by atoms with Crippen LogP contribution >= 0.6 is 21.6 Å². The molecule has 0 spiro atoms. The Morgan fingerprint density at radius 3 is 2.55 bits per heavy atom. The highest BCUT2D eigenvalue weighted by atomic mass is 33.1. The Morgan fingerprint density at radius 2 is 1.85 bits per heavy atom. The van der Waals surface area contributed by atoms with Crippen LogP contribution in [0, 0.1) is 5.92 Å². The lowest BCUT2D eigenvalue weighted by Crippen LogP contribution is -2.53. The van der Waals surface area contributed by atoms with Gasteiger partial charge in [-0.3, -0.25) is 19.2 Å². The summed E-state index contributed by atoms with van der Waals surface area (Å²) in [4.78, 5) is 63.3. The number of nitrogens with one attached hydrogen (secondary N) is 4. The smallest absolute Gasteiger partial charge is 0.329 e. The van der Waals surface area contributed by atoms with Crippen LogP contribution in [0.4, 0.5) is 0 Å². The second-order valence-electron chi connectivity index (χ2n) is 7.79. The number of ether oxygens (including phenoxy) is 1. The fourth-order valence-electron chi connectivity index (χ4n) is 2.97. The van der Waals surface area contributed by atoms with E-state index in [-0.39, 0.29) is 30.3 Å². The van der Waals surface area contributed by atoms with Crippen molar-refractivity contribution in [3.05, 3.63) is 23.9 Å². The van der Waals surface area contributed by atoms with Gasteiger partial charge in [-0.1, -0.05) is 47.6 Å². The standard InChI is InChI=1S/C21H30N4O6S2/c1-4-14-19(28)25-18(12(2)3)21(30)31-13-7-5-6-8-32-33-11-15(20(29)24-14)23-17(27)10-22-16(26)9-13/h4-5,7,12-13,15,18H,6,8-11H2,1-3H3,(H,22,26)(H,23,27)(H,24,29)(H,25,28)/b7-5+,14-4-/t13?,15-,18+/m1/s1. The molecule has 0 aromatic rings. The second kappa shape index (κ2) is 13.3. The molecule has 2 aliphatic rings. The minimum absolute atomic E-state index is 0.0449. The second-order valence-corrected chi connectivity index (χ2v) is 10.4. The predicted molar refractivity (Wildman–Crippen MR) is 127 cm³/mol. The van der Waals surface area contributed by atoms with Crippen molar-refractivity contribution in [2.45, 2.75) is 51.8 Å². The molecule has 4 N–H and O–H groups in total. The van der Waals surface area contributed by atoms with Gasteiger partial charge in [0.05, 0.1) is 13.0 Å². The number of hydrogen-bond donors (Lipinski definition) is 4. The average Bonchev–Trinajstić information content (AvgIpc) is 2.76. The molecule has 0 aromatic heterocycles. The molecule has 1 fully saturated rings. The van der Waals surface area contributed by atoms with Crippen LogP contribution < -0.4 is 21.3 Å². The van der Waals surface area contributed by atoms with Gasteiger partial charge in [0.25, 0.3) is 5.91 Å². The molecule has 0 radical (unpaired) electrons. The predicted octanol–water partition coefficient (Wildman–Crippen LogP) is 0.405. The number of carbonyl (C=O) groups is 5. The van der Waals surface area contributed by atoms with E-state index in [1.807, 2.05) is 6.08 Å². The van der Waals surface area contributed by atoms with Crippen molar-refractivity contribution in [1.82, 2.24) is 21.3 Å². The summed E-state index contributed by atoms with van der Waals surface area (Å²) in [6.07, 6.45) is 4.50.